The summed E-state index contributed by atoms with van der Waals surface area (Å²) in [5, 5.41) is 0. The van der Waals surface area contributed by atoms with Crippen LogP contribution in [0, 0.1) is 12.3 Å². The maximum Gasteiger partial charge on any atom is 0.131 e. The molecule has 0 spiro atoms. The van der Waals surface area contributed by atoms with Gasteiger partial charge in [-0.05, 0) is 32.4 Å². The molecular weight excluding hydrogens is 174 g/mol. The number of hydrogen-bond acceptors (Lipinski definition) is 2. The van der Waals surface area contributed by atoms with Gasteiger partial charge in [0.05, 0.1) is 6.04 Å². The monoisotopic (exact) mass is 189 g/mol. The lowest BCUT2D eigenvalue weighted by Crippen LogP contribution is -2.20. The lowest BCUT2D eigenvalue weighted by Gasteiger charge is -2.18. The number of nitrogens with zero attached hydrogens (tertiary/aromatic N) is 3. The summed E-state index contributed by atoms with van der Waals surface area (Å²) in [5.74, 6) is 3.67. The summed E-state index contributed by atoms with van der Waals surface area (Å²) in [6, 6.07) is 0.446. The minimum atomic E-state index is 0.446. The predicted octanol–water partition coefficient (Wildman–Crippen LogP) is 1.17. The smallest absolute Gasteiger partial charge is 0.131 e. The summed E-state index contributed by atoms with van der Waals surface area (Å²) in [5.41, 5.74) is 0.739. The molecule has 0 aliphatic carbocycles. The van der Waals surface area contributed by atoms with Gasteiger partial charge in [-0.2, -0.15) is 0 Å². The van der Waals surface area contributed by atoms with Gasteiger partial charge in [-0.25, -0.2) is 4.98 Å². The zero-order chi connectivity index (χ0) is 10.1. The molecule has 1 saturated heterocycles. The molecule has 0 radical (unpaired) electrons. The molecule has 1 atom stereocenters. The van der Waals surface area contributed by atoms with Crippen LogP contribution in [0.4, 0.5) is 0 Å². The Labute approximate surface area is 84.7 Å². The van der Waals surface area contributed by atoms with Crippen LogP contribution in [0.2, 0.25) is 0 Å². The Morgan fingerprint density at radius 1 is 1.57 bits per heavy atom. The first-order valence-corrected chi connectivity index (χ1v) is 4.92. The van der Waals surface area contributed by atoms with Crippen LogP contribution in [-0.2, 0) is 7.05 Å². The Hall–Kier alpha value is -1.27. The van der Waals surface area contributed by atoms with E-state index in [2.05, 4.69) is 22.9 Å². The van der Waals surface area contributed by atoms with Crippen molar-refractivity contribution < 1.29 is 0 Å². The first kappa shape index (κ1) is 9.29. The van der Waals surface area contributed by atoms with Gasteiger partial charge >= 0.3 is 0 Å². The van der Waals surface area contributed by atoms with Crippen molar-refractivity contribution in [3.63, 3.8) is 0 Å². The molecule has 3 nitrogen and oxygen atoms in total. The highest BCUT2D eigenvalue weighted by Crippen LogP contribution is 2.29. The van der Waals surface area contributed by atoms with Crippen molar-refractivity contribution >= 4 is 0 Å². The van der Waals surface area contributed by atoms with E-state index in [0.29, 0.717) is 6.04 Å². The van der Waals surface area contributed by atoms with Gasteiger partial charge in [0, 0.05) is 13.2 Å². The number of rotatable bonds is 1. The molecule has 1 aromatic heterocycles. The van der Waals surface area contributed by atoms with Gasteiger partial charge in [0.25, 0.3) is 0 Å². The second-order valence-electron chi connectivity index (χ2n) is 3.88. The molecule has 1 aliphatic rings. The van der Waals surface area contributed by atoms with Crippen molar-refractivity contribution in [1.29, 1.82) is 0 Å². The van der Waals surface area contributed by atoms with Crippen LogP contribution in [0.25, 0.3) is 0 Å². The van der Waals surface area contributed by atoms with Gasteiger partial charge in [-0.3, -0.25) is 4.90 Å². The van der Waals surface area contributed by atoms with Gasteiger partial charge in [-0.15, -0.1) is 6.42 Å². The second kappa shape index (κ2) is 3.47. The molecule has 14 heavy (non-hydrogen) atoms. The summed E-state index contributed by atoms with van der Waals surface area (Å²) in [7, 11) is 4.15. The van der Waals surface area contributed by atoms with E-state index < -0.39 is 0 Å². The van der Waals surface area contributed by atoms with Crippen LogP contribution < -0.4 is 0 Å². The van der Waals surface area contributed by atoms with Crippen molar-refractivity contribution in [2.24, 2.45) is 7.05 Å². The van der Waals surface area contributed by atoms with Crippen molar-refractivity contribution in [3.05, 3.63) is 17.7 Å². The van der Waals surface area contributed by atoms with E-state index in [1.807, 2.05) is 17.8 Å². The molecule has 1 unspecified atom stereocenters. The molecule has 3 heteroatoms. The lowest BCUT2D eigenvalue weighted by atomic mass is 10.2. The Balaban J connectivity index is 2.32. The normalized spacial score (nSPS) is 22.5. The van der Waals surface area contributed by atoms with Crippen molar-refractivity contribution in [2.45, 2.75) is 18.9 Å². The van der Waals surface area contributed by atoms with Crippen molar-refractivity contribution in [3.8, 4) is 12.3 Å². The number of terminal acetylenes is 1. The maximum atomic E-state index is 5.33. The standard InChI is InChI=1S/C11H15N3/c1-4-9-8-14(3)11(12-9)10-6-5-7-13(10)2/h1,8,10H,5-7H2,2-3H3. The average Bonchev–Trinajstić information content (AvgIpc) is 2.72. The zero-order valence-electron chi connectivity index (χ0n) is 8.70. The van der Waals surface area contributed by atoms with Gasteiger partial charge in [0.1, 0.15) is 11.5 Å². The van der Waals surface area contributed by atoms with Crippen LogP contribution in [0.3, 0.4) is 0 Å². The SMILES string of the molecule is C#Cc1cn(C)c(C2CCCN2C)n1. The quantitative estimate of drug-likeness (QED) is 0.618. The third kappa shape index (κ3) is 1.42. The third-order valence-corrected chi connectivity index (χ3v) is 2.88. The molecule has 1 aliphatic heterocycles. The molecule has 0 amide bonds. The number of likely N-dealkylation sites (tertiary alicyclic amines) is 1. The molecule has 2 rings (SSSR count). The van der Waals surface area contributed by atoms with E-state index in [1.54, 1.807) is 0 Å². The van der Waals surface area contributed by atoms with Gasteiger partial charge in [-0.1, -0.05) is 0 Å². The topological polar surface area (TPSA) is 21.1 Å². The highest BCUT2D eigenvalue weighted by Gasteiger charge is 2.26. The summed E-state index contributed by atoms with van der Waals surface area (Å²) in [6.45, 7) is 1.16. The Morgan fingerprint density at radius 2 is 2.36 bits per heavy atom. The number of aromatic nitrogens is 2. The van der Waals surface area contributed by atoms with Crippen LogP contribution >= 0.6 is 0 Å². The Kier molecular flexibility index (Phi) is 2.30. The second-order valence-corrected chi connectivity index (χ2v) is 3.88. The molecular formula is C11H15N3. The molecule has 2 heterocycles. The molecule has 1 aromatic rings. The summed E-state index contributed by atoms with van der Waals surface area (Å²) >= 11 is 0. The van der Waals surface area contributed by atoms with E-state index in [-0.39, 0.29) is 0 Å². The van der Waals surface area contributed by atoms with Gasteiger partial charge < -0.3 is 4.57 Å². The Morgan fingerprint density at radius 3 is 2.86 bits per heavy atom. The molecule has 1 fully saturated rings. The predicted molar refractivity (Wildman–Crippen MR) is 55.7 cm³/mol. The van der Waals surface area contributed by atoms with E-state index in [9.17, 15) is 0 Å². The van der Waals surface area contributed by atoms with Gasteiger partial charge in [0.15, 0.2) is 0 Å². The van der Waals surface area contributed by atoms with E-state index in [4.69, 9.17) is 6.42 Å². The fourth-order valence-corrected chi connectivity index (χ4v) is 2.10. The average molecular weight is 189 g/mol. The zero-order valence-corrected chi connectivity index (χ0v) is 8.70. The first-order chi connectivity index (χ1) is 6.72. The Bertz CT molecular complexity index is 372. The number of hydrogen-bond donors (Lipinski definition) is 0. The summed E-state index contributed by atoms with van der Waals surface area (Å²) in [6.07, 6.45) is 9.68. The molecule has 74 valence electrons. The highest BCUT2D eigenvalue weighted by molar-refractivity contribution is 5.24. The maximum absolute atomic E-state index is 5.33. The summed E-state index contributed by atoms with van der Waals surface area (Å²) in [4.78, 5) is 6.78. The highest BCUT2D eigenvalue weighted by atomic mass is 15.2. The van der Waals surface area contributed by atoms with E-state index >= 15 is 0 Å². The minimum absolute atomic E-state index is 0.446. The number of aryl methyl sites for hydroxylation is 1. The largest absolute Gasteiger partial charge is 0.335 e. The fraction of sp³-hybridized carbons (Fsp3) is 0.545. The van der Waals surface area contributed by atoms with Crippen LogP contribution in [-0.4, -0.2) is 28.0 Å². The van der Waals surface area contributed by atoms with Crippen LogP contribution in [0.15, 0.2) is 6.20 Å². The summed E-state index contributed by atoms with van der Waals surface area (Å²) < 4.78 is 2.04. The van der Waals surface area contributed by atoms with Crippen molar-refractivity contribution in [2.75, 3.05) is 13.6 Å². The molecule has 0 N–H and O–H groups in total. The van der Waals surface area contributed by atoms with Crippen LogP contribution in [0.1, 0.15) is 30.4 Å². The first-order valence-electron chi connectivity index (χ1n) is 4.92. The van der Waals surface area contributed by atoms with Crippen molar-refractivity contribution in [1.82, 2.24) is 14.5 Å². The van der Waals surface area contributed by atoms with Crippen LogP contribution in [0.5, 0.6) is 0 Å². The third-order valence-electron chi connectivity index (χ3n) is 2.88. The lowest BCUT2D eigenvalue weighted by molar-refractivity contribution is 0.301. The molecule has 0 aromatic carbocycles. The number of imidazole rings is 1. The van der Waals surface area contributed by atoms with E-state index in [1.165, 1.54) is 12.8 Å². The minimum Gasteiger partial charge on any atom is -0.335 e. The molecule has 0 saturated carbocycles. The fourth-order valence-electron chi connectivity index (χ4n) is 2.10. The van der Waals surface area contributed by atoms with E-state index in [0.717, 1.165) is 18.1 Å². The van der Waals surface area contributed by atoms with Gasteiger partial charge in [0.2, 0.25) is 0 Å². The molecule has 0 bridgehead atoms.